The number of anilines is 1. The molecule has 1 saturated heterocycles. The number of aromatic amines is 1. The maximum Gasteiger partial charge on any atom is 0.332 e. The van der Waals surface area contributed by atoms with Crippen LogP contribution in [0.5, 0.6) is 6.01 Å². The van der Waals surface area contributed by atoms with Crippen molar-refractivity contribution in [2.45, 2.75) is 0 Å². The summed E-state index contributed by atoms with van der Waals surface area (Å²) in [5.74, 6) is 0.699. The molecule has 0 saturated carbocycles. The Labute approximate surface area is 138 Å². The molecule has 124 valence electrons. The molecule has 0 spiro atoms. The van der Waals surface area contributed by atoms with Crippen LogP contribution >= 0.6 is 0 Å². The molecule has 1 aliphatic heterocycles. The molecule has 0 amide bonds. The molecule has 2 aromatic heterocycles. The minimum Gasteiger partial charge on any atom is -0.467 e. The Morgan fingerprint density at radius 2 is 1.88 bits per heavy atom. The molecule has 0 aliphatic carbocycles. The summed E-state index contributed by atoms with van der Waals surface area (Å²) in [6.45, 7) is 3.37. The number of hydrogen-bond donors (Lipinski definition) is 2. The van der Waals surface area contributed by atoms with Crippen LogP contribution in [0.25, 0.3) is 16.9 Å². The lowest BCUT2D eigenvalue weighted by molar-refractivity contribution is 0.381. The van der Waals surface area contributed by atoms with Crippen molar-refractivity contribution in [1.82, 2.24) is 24.8 Å². The molecule has 0 bridgehead atoms. The highest BCUT2D eigenvalue weighted by Crippen LogP contribution is 2.25. The lowest BCUT2D eigenvalue weighted by Crippen LogP contribution is -2.44. The van der Waals surface area contributed by atoms with Crippen LogP contribution in [0.15, 0.2) is 35.1 Å². The van der Waals surface area contributed by atoms with Gasteiger partial charge in [-0.1, -0.05) is 18.2 Å². The smallest absolute Gasteiger partial charge is 0.332 e. The molecule has 8 heteroatoms. The van der Waals surface area contributed by atoms with Gasteiger partial charge >= 0.3 is 11.7 Å². The third-order valence-electron chi connectivity index (χ3n) is 4.11. The maximum absolute atomic E-state index is 12.5. The predicted molar refractivity (Wildman–Crippen MR) is 91.1 cm³/mol. The minimum absolute atomic E-state index is 0.241. The normalized spacial score (nSPS) is 15.0. The zero-order chi connectivity index (χ0) is 16.5. The van der Waals surface area contributed by atoms with E-state index < -0.39 is 0 Å². The molecular weight excluding hydrogens is 308 g/mol. The van der Waals surface area contributed by atoms with Gasteiger partial charge in [-0.25, -0.2) is 9.36 Å². The van der Waals surface area contributed by atoms with Crippen LogP contribution in [0.4, 0.5) is 5.82 Å². The standard InChI is InChI=1S/C16H18N6O2/c1-24-15-19-13(21-9-7-17-8-10-21)12-14(20-15)22(16(23)18-12)11-5-3-2-4-6-11/h2-6,17H,7-10H2,1H3,(H,18,23). The van der Waals surface area contributed by atoms with E-state index in [1.807, 2.05) is 30.3 Å². The number of ether oxygens (including phenoxy) is 1. The average Bonchev–Trinajstić information content (AvgIpc) is 2.98. The second kappa shape index (κ2) is 5.97. The number of hydrogen-bond acceptors (Lipinski definition) is 6. The quantitative estimate of drug-likeness (QED) is 0.730. The number of methoxy groups -OCH3 is 1. The van der Waals surface area contributed by atoms with Crippen LogP contribution < -0.4 is 20.6 Å². The number of rotatable bonds is 3. The number of para-hydroxylation sites is 1. The van der Waals surface area contributed by atoms with Gasteiger partial charge in [0, 0.05) is 26.2 Å². The van der Waals surface area contributed by atoms with Gasteiger partial charge < -0.3 is 19.9 Å². The number of nitrogens with one attached hydrogen (secondary N) is 2. The van der Waals surface area contributed by atoms with E-state index in [2.05, 4.69) is 25.2 Å². The zero-order valence-corrected chi connectivity index (χ0v) is 13.3. The Bertz CT molecular complexity index is 911. The van der Waals surface area contributed by atoms with Gasteiger partial charge in [-0.2, -0.15) is 9.97 Å². The van der Waals surface area contributed by atoms with E-state index in [9.17, 15) is 4.79 Å². The molecule has 3 heterocycles. The first-order chi connectivity index (χ1) is 11.8. The number of piperazine rings is 1. The highest BCUT2D eigenvalue weighted by molar-refractivity contribution is 5.85. The van der Waals surface area contributed by atoms with E-state index in [1.165, 1.54) is 7.11 Å². The third kappa shape index (κ3) is 2.41. The van der Waals surface area contributed by atoms with Crippen LogP contribution in [0.3, 0.4) is 0 Å². The Morgan fingerprint density at radius 3 is 2.58 bits per heavy atom. The van der Waals surface area contributed by atoms with Gasteiger partial charge in [0.2, 0.25) is 0 Å². The third-order valence-corrected chi connectivity index (χ3v) is 4.11. The van der Waals surface area contributed by atoms with Gasteiger partial charge in [0.1, 0.15) is 5.52 Å². The Kier molecular flexibility index (Phi) is 3.66. The van der Waals surface area contributed by atoms with E-state index >= 15 is 0 Å². The van der Waals surface area contributed by atoms with Crippen molar-refractivity contribution < 1.29 is 4.74 Å². The molecule has 1 fully saturated rings. The zero-order valence-electron chi connectivity index (χ0n) is 13.3. The Balaban J connectivity index is 1.96. The van der Waals surface area contributed by atoms with Crippen molar-refractivity contribution in [3.05, 3.63) is 40.8 Å². The van der Waals surface area contributed by atoms with Gasteiger partial charge in [-0.05, 0) is 12.1 Å². The fourth-order valence-corrected chi connectivity index (χ4v) is 2.96. The lowest BCUT2D eigenvalue weighted by Gasteiger charge is -2.28. The molecule has 0 unspecified atom stereocenters. The van der Waals surface area contributed by atoms with Crippen molar-refractivity contribution in [3.8, 4) is 11.7 Å². The number of nitrogens with zero attached hydrogens (tertiary/aromatic N) is 4. The summed E-state index contributed by atoms with van der Waals surface area (Å²) < 4.78 is 6.81. The van der Waals surface area contributed by atoms with Crippen molar-refractivity contribution in [1.29, 1.82) is 0 Å². The minimum atomic E-state index is -0.241. The van der Waals surface area contributed by atoms with E-state index in [1.54, 1.807) is 4.57 Å². The second-order valence-electron chi connectivity index (χ2n) is 5.57. The molecule has 24 heavy (non-hydrogen) atoms. The first kappa shape index (κ1) is 14.7. The number of H-pyrrole nitrogens is 1. The monoisotopic (exact) mass is 326 g/mol. The van der Waals surface area contributed by atoms with Crippen LogP contribution in [0.1, 0.15) is 0 Å². The van der Waals surface area contributed by atoms with Gasteiger partial charge in [0.25, 0.3) is 0 Å². The number of fused-ring (bicyclic) bond motifs is 1. The van der Waals surface area contributed by atoms with Gasteiger partial charge in [0.05, 0.1) is 12.8 Å². The van der Waals surface area contributed by atoms with E-state index in [-0.39, 0.29) is 11.7 Å². The van der Waals surface area contributed by atoms with Gasteiger partial charge in [-0.15, -0.1) is 0 Å². The number of aromatic nitrogens is 4. The topological polar surface area (TPSA) is 88.1 Å². The molecule has 0 atom stereocenters. The molecule has 1 aliphatic rings. The Morgan fingerprint density at radius 1 is 1.12 bits per heavy atom. The van der Waals surface area contributed by atoms with Crippen molar-refractivity contribution in [2.24, 2.45) is 0 Å². The van der Waals surface area contributed by atoms with Crippen LogP contribution in [-0.2, 0) is 0 Å². The molecule has 1 aromatic carbocycles. The van der Waals surface area contributed by atoms with Crippen LogP contribution in [0, 0.1) is 0 Å². The number of benzene rings is 1. The highest BCUT2D eigenvalue weighted by atomic mass is 16.5. The summed E-state index contributed by atoms with van der Waals surface area (Å²) in [5.41, 5.74) is 1.66. The molecule has 8 nitrogen and oxygen atoms in total. The lowest BCUT2D eigenvalue weighted by atomic mass is 10.3. The summed E-state index contributed by atoms with van der Waals surface area (Å²) >= 11 is 0. The summed E-state index contributed by atoms with van der Waals surface area (Å²) in [6.07, 6.45) is 0. The summed E-state index contributed by atoms with van der Waals surface area (Å²) in [5, 5.41) is 3.31. The van der Waals surface area contributed by atoms with Crippen molar-refractivity contribution in [2.75, 3.05) is 38.2 Å². The summed E-state index contributed by atoms with van der Waals surface area (Å²) in [7, 11) is 1.53. The van der Waals surface area contributed by atoms with Crippen LogP contribution in [-0.4, -0.2) is 52.8 Å². The highest BCUT2D eigenvalue weighted by Gasteiger charge is 2.21. The first-order valence-corrected chi connectivity index (χ1v) is 7.86. The predicted octanol–water partition coefficient (Wildman–Crippen LogP) is 0.527. The second-order valence-corrected chi connectivity index (χ2v) is 5.57. The van der Waals surface area contributed by atoms with E-state index in [4.69, 9.17) is 4.74 Å². The van der Waals surface area contributed by atoms with E-state index in [0.717, 1.165) is 31.9 Å². The molecule has 3 aromatic rings. The summed E-state index contributed by atoms with van der Waals surface area (Å²) in [4.78, 5) is 26.5. The van der Waals surface area contributed by atoms with Gasteiger partial charge in [0.15, 0.2) is 11.5 Å². The van der Waals surface area contributed by atoms with Crippen molar-refractivity contribution >= 4 is 17.0 Å². The average molecular weight is 326 g/mol. The molecule has 2 N–H and O–H groups in total. The number of imidazole rings is 1. The van der Waals surface area contributed by atoms with E-state index in [0.29, 0.717) is 17.0 Å². The van der Waals surface area contributed by atoms with Gasteiger partial charge in [-0.3, -0.25) is 0 Å². The fourth-order valence-electron chi connectivity index (χ4n) is 2.96. The SMILES string of the molecule is COc1nc(N2CCNCC2)c2[nH]c(=O)n(-c3ccccc3)c2n1. The molecule has 0 radical (unpaired) electrons. The first-order valence-electron chi connectivity index (χ1n) is 7.86. The Hall–Kier alpha value is -2.87. The molecular formula is C16H18N6O2. The largest absolute Gasteiger partial charge is 0.467 e. The fraction of sp³-hybridized carbons (Fsp3) is 0.312. The van der Waals surface area contributed by atoms with Crippen LogP contribution in [0.2, 0.25) is 0 Å². The van der Waals surface area contributed by atoms with Crippen molar-refractivity contribution in [3.63, 3.8) is 0 Å². The molecule has 4 rings (SSSR count). The summed E-state index contributed by atoms with van der Waals surface area (Å²) in [6, 6.07) is 9.67. The maximum atomic E-state index is 12.5.